The molecule has 0 atom stereocenters. The zero-order chi connectivity index (χ0) is 13.1. The molecule has 96 valence electrons. The lowest BCUT2D eigenvalue weighted by molar-refractivity contribution is -0.141. The maximum Gasteiger partial charge on any atom is 0.249 e. The monoisotopic (exact) mass is 255 g/mol. The number of benzene rings is 1. The SMILES string of the molecule is O=C(CN1CCOCC1=O)c1c(F)cccc1F. The van der Waals surface area contributed by atoms with Crippen molar-refractivity contribution in [1.29, 1.82) is 0 Å². The summed E-state index contributed by atoms with van der Waals surface area (Å²) in [7, 11) is 0. The van der Waals surface area contributed by atoms with Gasteiger partial charge in [-0.1, -0.05) is 6.07 Å². The van der Waals surface area contributed by atoms with Crippen LogP contribution in [0.5, 0.6) is 0 Å². The van der Waals surface area contributed by atoms with Gasteiger partial charge in [-0.3, -0.25) is 9.59 Å². The van der Waals surface area contributed by atoms with Crippen molar-refractivity contribution in [2.75, 3.05) is 26.3 Å². The van der Waals surface area contributed by atoms with E-state index in [1.807, 2.05) is 0 Å². The Bertz CT molecular complexity index is 470. The molecular weight excluding hydrogens is 244 g/mol. The third-order valence-electron chi connectivity index (χ3n) is 2.66. The Hall–Kier alpha value is -1.82. The highest BCUT2D eigenvalue weighted by molar-refractivity contribution is 5.99. The van der Waals surface area contributed by atoms with Gasteiger partial charge in [0.05, 0.1) is 18.7 Å². The molecule has 6 heteroatoms. The van der Waals surface area contributed by atoms with Crippen LogP contribution in [-0.4, -0.2) is 42.9 Å². The van der Waals surface area contributed by atoms with Crippen molar-refractivity contribution in [1.82, 2.24) is 4.90 Å². The van der Waals surface area contributed by atoms with Gasteiger partial charge in [-0.05, 0) is 12.1 Å². The van der Waals surface area contributed by atoms with Crippen molar-refractivity contribution >= 4 is 11.7 Å². The summed E-state index contributed by atoms with van der Waals surface area (Å²) in [5.74, 6) is -2.94. The van der Waals surface area contributed by atoms with Crippen LogP contribution in [0.25, 0.3) is 0 Å². The lowest BCUT2D eigenvalue weighted by Crippen LogP contribution is -2.44. The number of hydrogen-bond acceptors (Lipinski definition) is 3. The second-order valence-electron chi connectivity index (χ2n) is 3.89. The van der Waals surface area contributed by atoms with Crippen molar-refractivity contribution in [2.24, 2.45) is 0 Å². The van der Waals surface area contributed by atoms with Gasteiger partial charge in [-0.15, -0.1) is 0 Å². The average Bonchev–Trinajstić information content (AvgIpc) is 2.32. The van der Waals surface area contributed by atoms with Crippen LogP contribution in [0.1, 0.15) is 10.4 Å². The van der Waals surface area contributed by atoms with Crippen LogP contribution in [0.15, 0.2) is 18.2 Å². The fraction of sp³-hybridized carbons (Fsp3) is 0.333. The molecule has 18 heavy (non-hydrogen) atoms. The normalized spacial score (nSPS) is 15.9. The maximum absolute atomic E-state index is 13.4. The Labute approximate surface area is 102 Å². The molecule has 0 radical (unpaired) electrons. The van der Waals surface area contributed by atoms with Crippen molar-refractivity contribution in [3.8, 4) is 0 Å². The first-order valence-corrected chi connectivity index (χ1v) is 5.42. The first-order chi connectivity index (χ1) is 8.59. The number of rotatable bonds is 3. The zero-order valence-corrected chi connectivity index (χ0v) is 9.49. The standard InChI is InChI=1S/C12H11F2NO3/c13-8-2-1-3-9(14)12(8)10(16)6-15-4-5-18-7-11(15)17/h1-3H,4-7H2. The van der Waals surface area contributed by atoms with E-state index in [9.17, 15) is 18.4 Å². The second kappa shape index (κ2) is 5.22. The molecule has 1 aromatic carbocycles. The average molecular weight is 255 g/mol. The number of morpholine rings is 1. The quantitative estimate of drug-likeness (QED) is 0.757. The second-order valence-corrected chi connectivity index (χ2v) is 3.89. The molecule has 1 saturated heterocycles. The van der Waals surface area contributed by atoms with E-state index in [2.05, 4.69) is 0 Å². The Morgan fingerprint density at radius 3 is 2.61 bits per heavy atom. The van der Waals surface area contributed by atoms with E-state index in [4.69, 9.17) is 4.74 Å². The van der Waals surface area contributed by atoms with E-state index < -0.39 is 23.0 Å². The molecular formula is C12H11F2NO3. The summed E-state index contributed by atoms with van der Waals surface area (Å²) in [5, 5.41) is 0. The molecule has 2 rings (SSSR count). The summed E-state index contributed by atoms with van der Waals surface area (Å²) in [6.07, 6.45) is 0. The smallest absolute Gasteiger partial charge is 0.249 e. The Morgan fingerprint density at radius 1 is 1.33 bits per heavy atom. The van der Waals surface area contributed by atoms with Gasteiger partial charge in [0.25, 0.3) is 0 Å². The number of ether oxygens (including phenoxy) is 1. The third kappa shape index (κ3) is 2.53. The van der Waals surface area contributed by atoms with Gasteiger partial charge < -0.3 is 9.64 Å². The van der Waals surface area contributed by atoms with Crippen LogP contribution in [0, 0.1) is 11.6 Å². The van der Waals surface area contributed by atoms with Gasteiger partial charge >= 0.3 is 0 Å². The van der Waals surface area contributed by atoms with Gasteiger partial charge in [0.1, 0.15) is 18.2 Å². The molecule has 1 amide bonds. The number of hydrogen-bond donors (Lipinski definition) is 0. The van der Waals surface area contributed by atoms with E-state index >= 15 is 0 Å². The zero-order valence-electron chi connectivity index (χ0n) is 9.49. The molecule has 0 N–H and O–H groups in total. The predicted octanol–water partition coefficient (Wildman–Crippen LogP) is 1.01. The summed E-state index contributed by atoms with van der Waals surface area (Å²) in [5.41, 5.74) is -0.600. The van der Waals surface area contributed by atoms with Crippen molar-refractivity contribution in [2.45, 2.75) is 0 Å². The molecule has 0 spiro atoms. The van der Waals surface area contributed by atoms with Crippen LogP contribution in [0.3, 0.4) is 0 Å². The number of Topliss-reactive ketones (excluding diaryl/α,β-unsaturated/α-hetero) is 1. The molecule has 1 aromatic rings. The van der Waals surface area contributed by atoms with Crippen LogP contribution < -0.4 is 0 Å². The Kier molecular flexibility index (Phi) is 3.66. The molecule has 4 nitrogen and oxygen atoms in total. The molecule has 1 aliphatic heterocycles. The number of ketones is 1. The molecule has 1 heterocycles. The number of amides is 1. The molecule has 0 aliphatic carbocycles. The Balaban J connectivity index is 2.14. The summed E-state index contributed by atoms with van der Waals surface area (Å²) >= 11 is 0. The van der Waals surface area contributed by atoms with Crippen molar-refractivity contribution in [3.05, 3.63) is 35.4 Å². The summed E-state index contributed by atoms with van der Waals surface area (Å²) < 4.78 is 31.6. The Morgan fingerprint density at radius 2 is 2.00 bits per heavy atom. The number of carbonyl (C=O) groups is 2. The van der Waals surface area contributed by atoms with Gasteiger partial charge in [-0.2, -0.15) is 0 Å². The van der Waals surface area contributed by atoms with Gasteiger partial charge in [0.2, 0.25) is 5.91 Å². The first kappa shape index (κ1) is 12.6. The highest BCUT2D eigenvalue weighted by Crippen LogP contribution is 2.13. The van der Waals surface area contributed by atoms with Crippen molar-refractivity contribution < 1.29 is 23.1 Å². The van der Waals surface area contributed by atoms with Crippen LogP contribution in [-0.2, 0) is 9.53 Å². The molecule has 0 bridgehead atoms. The van der Waals surface area contributed by atoms with Gasteiger partial charge in [0.15, 0.2) is 5.78 Å². The van der Waals surface area contributed by atoms with Crippen LogP contribution in [0.4, 0.5) is 8.78 Å². The molecule has 1 fully saturated rings. The van der Waals surface area contributed by atoms with Gasteiger partial charge in [0, 0.05) is 6.54 Å². The number of halogens is 2. The lowest BCUT2D eigenvalue weighted by atomic mass is 10.1. The summed E-state index contributed by atoms with van der Waals surface area (Å²) in [4.78, 5) is 24.4. The lowest BCUT2D eigenvalue weighted by Gasteiger charge is -2.26. The maximum atomic E-state index is 13.4. The minimum atomic E-state index is -0.916. The largest absolute Gasteiger partial charge is 0.370 e. The van der Waals surface area contributed by atoms with E-state index in [0.29, 0.717) is 6.61 Å². The summed E-state index contributed by atoms with van der Waals surface area (Å²) in [6, 6.07) is 3.20. The van der Waals surface area contributed by atoms with Crippen LogP contribution in [0.2, 0.25) is 0 Å². The fourth-order valence-electron chi connectivity index (χ4n) is 1.73. The third-order valence-corrected chi connectivity index (χ3v) is 2.66. The topological polar surface area (TPSA) is 46.6 Å². The molecule has 0 aromatic heterocycles. The van der Waals surface area contributed by atoms with Crippen LogP contribution >= 0.6 is 0 Å². The van der Waals surface area contributed by atoms with Gasteiger partial charge in [-0.25, -0.2) is 8.78 Å². The minimum Gasteiger partial charge on any atom is -0.370 e. The number of carbonyl (C=O) groups excluding carboxylic acids is 2. The van der Waals surface area contributed by atoms with E-state index in [1.54, 1.807) is 0 Å². The van der Waals surface area contributed by atoms with Crippen molar-refractivity contribution in [3.63, 3.8) is 0 Å². The summed E-state index contributed by atoms with van der Waals surface area (Å²) in [6.45, 7) is 0.131. The molecule has 0 saturated carbocycles. The first-order valence-electron chi connectivity index (χ1n) is 5.42. The van der Waals surface area contributed by atoms with E-state index in [-0.39, 0.29) is 25.6 Å². The number of nitrogens with zero attached hydrogens (tertiary/aromatic N) is 1. The molecule has 0 unspecified atom stereocenters. The molecule has 1 aliphatic rings. The fourth-order valence-corrected chi connectivity index (χ4v) is 1.73. The van der Waals surface area contributed by atoms with E-state index in [1.165, 1.54) is 11.0 Å². The predicted molar refractivity (Wildman–Crippen MR) is 58.1 cm³/mol. The van der Waals surface area contributed by atoms with E-state index in [0.717, 1.165) is 12.1 Å². The minimum absolute atomic E-state index is 0.104. The highest BCUT2D eigenvalue weighted by Gasteiger charge is 2.24. The highest BCUT2D eigenvalue weighted by atomic mass is 19.1.